The summed E-state index contributed by atoms with van der Waals surface area (Å²) in [6, 6.07) is 7.75. The van der Waals surface area contributed by atoms with Gasteiger partial charge in [0.2, 0.25) is 5.91 Å². The molecule has 0 radical (unpaired) electrons. The standard InChI is InChI=1S/C19H24ClN3O2/c1-22(2)13-18(24)23-8-4-6-15(12-23)19-21-11-17(25-19)10-14-5-3-7-16(20)9-14/h3,5,7,9,11,15H,4,6,8,10,12-13H2,1-2H3/t15-/m0/s1. The van der Waals surface area contributed by atoms with Crippen molar-refractivity contribution in [3.63, 3.8) is 0 Å². The average Bonchev–Trinajstić information content (AvgIpc) is 3.03. The maximum absolute atomic E-state index is 12.3. The molecule has 1 atom stereocenters. The molecule has 25 heavy (non-hydrogen) atoms. The van der Waals surface area contributed by atoms with Gasteiger partial charge in [-0.25, -0.2) is 4.98 Å². The van der Waals surface area contributed by atoms with Crippen LogP contribution in [0.2, 0.25) is 5.02 Å². The normalized spacial score (nSPS) is 17.9. The number of halogens is 1. The highest BCUT2D eigenvalue weighted by atomic mass is 35.5. The number of carbonyl (C=O) groups is 1. The quantitative estimate of drug-likeness (QED) is 0.820. The molecule has 0 aliphatic carbocycles. The number of hydrogen-bond donors (Lipinski definition) is 0. The van der Waals surface area contributed by atoms with Crippen LogP contribution in [0.25, 0.3) is 0 Å². The zero-order chi connectivity index (χ0) is 17.8. The number of rotatable bonds is 5. The van der Waals surface area contributed by atoms with Crippen molar-refractivity contribution in [1.29, 1.82) is 0 Å². The van der Waals surface area contributed by atoms with E-state index in [9.17, 15) is 4.79 Å². The van der Waals surface area contributed by atoms with Crippen molar-refractivity contribution in [1.82, 2.24) is 14.8 Å². The van der Waals surface area contributed by atoms with Gasteiger partial charge in [0.15, 0.2) is 5.89 Å². The van der Waals surface area contributed by atoms with Gasteiger partial charge in [-0.1, -0.05) is 23.7 Å². The van der Waals surface area contributed by atoms with Crippen LogP contribution in [0.5, 0.6) is 0 Å². The van der Waals surface area contributed by atoms with Gasteiger partial charge in [-0.05, 0) is 44.6 Å². The summed E-state index contributed by atoms with van der Waals surface area (Å²) in [7, 11) is 3.82. The van der Waals surface area contributed by atoms with Crippen molar-refractivity contribution in [2.45, 2.75) is 25.2 Å². The van der Waals surface area contributed by atoms with Crippen molar-refractivity contribution < 1.29 is 9.21 Å². The Balaban J connectivity index is 1.64. The summed E-state index contributed by atoms with van der Waals surface area (Å²) in [5, 5.41) is 0.722. The number of carbonyl (C=O) groups excluding carboxylic acids is 1. The van der Waals surface area contributed by atoms with Crippen molar-refractivity contribution in [3.8, 4) is 0 Å². The number of piperidine rings is 1. The maximum Gasteiger partial charge on any atom is 0.236 e. The van der Waals surface area contributed by atoms with Gasteiger partial charge in [0.25, 0.3) is 0 Å². The van der Waals surface area contributed by atoms with Crippen LogP contribution < -0.4 is 0 Å². The molecular formula is C19H24ClN3O2. The summed E-state index contributed by atoms with van der Waals surface area (Å²) in [6.07, 6.45) is 4.44. The Hall–Kier alpha value is -1.85. The summed E-state index contributed by atoms with van der Waals surface area (Å²) in [6.45, 7) is 1.95. The van der Waals surface area contributed by atoms with Gasteiger partial charge >= 0.3 is 0 Å². The molecule has 0 bridgehead atoms. The van der Waals surface area contributed by atoms with Crippen molar-refractivity contribution in [2.24, 2.45) is 0 Å². The highest BCUT2D eigenvalue weighted by Gasteiger charge is 2.27. The minimum absolute atomic E-state index is 0.167. The molecule has 1 fully saturated rings. The Morgan fingerprint density at radius 1 is 1.44 bits per heavy atom. The van der Waals surface area contributed by atoms with Crippen LogP contribution in [0.15, 0.2) is 34.9 Å². The molecule has 5 nitrogen and oxygen atoms in total. The molecule has 0 unspecified atom stereocenters. The van der Waals surface area contributed by atoms with Crippen molar-refractivity contribution in [2.75, 3.05) is 33.7 Å². The lowest BCUT2D eigenvalue weighted by molar-refractivity contribution is -0.133. The fourth-order valence-corrected chi connectivity index (χ4v) is 3.43. The number of likely N-dealkylation sites (tertiary alicyclic amines) is 1. The number of likely N-dealkylation sites (N-methyl/N-ethyl adjacent to an activating group) is 1. The topological polar surface area (TPSA) is 49.6 Å². The number of nitrogens with zero attached hydrogens (tertiary/aromatic N) is 3. The smallest absolute Gasteiger partial charge is 0.236 e. The minimum atomic E-state index is 0.167. The molecule has 3 rings (SSSR count). The van der Waals surface area contributed by atoms with Crippen LogP contribution in [0.3, 0.4) is 0 Å². The Kier molecular flexibility index (Phi) is 5.76. The summed E-state index contributed by atoms with van der Waals surface area (Å²) in [4.78, 5) is 20.6. The molecule has 1 amide bonds. The van der Waals surface area contributed by atoms with Gasteiger partial charge in [0.05, 0.1) is 18.7 Å². The van der Waals surface area contributed by atoms with E-state index in [1.807, 2.05) is 48.2 Å². The molecule has 1 aliphatic rings. The first-order valence-electron chi connectivity index (χ1n) is 8.63. The van der Waals surface area contributed by atoms with E-state index < -0.39 is 0 Å². The number of aromatic nitrogens is 1. The molecule has 1 aromatic heterocycles. The predicted octanol–water partition coefficient (Wildman–Crippen LogP) is 3.19. The molecule has 0 N–H and O–H groups in total. The van der Waals surface area contributed by atoms with E-state index in [0.717, 1.165) is 41.6 Å². The molecule has 1 saturated heterocycles. The average molecular weight is 362 g/mol. The monoisotopic (exact) mass is 361 g/mol. The zero-order valence-electron chi connectivity index (χ0n) is 14.7. The lowest BCUT2D eigenvalue weighted by Gasteiger charge is -2.32. The summed E-state index contributed by atoms with van der Waals surface area (Å²) in [5.74, 6) is 1.90. The summed E-state index contributed by atoms with van der Waals surface area (Å²) >= 11 is 6.03. The third-order valence-electron chi connectivity index (χ3n) is 4.41. The largest absolute Gasteiger partial charge is 0.445 e. The highest BCUT2D eigenvalue weighted by molar-refractivity contribution is 6.30. The molecule has 134 valence electrons. The number of benzene rings is 1. The lowest BCUT2D eigenvalue weighted by Crippen LogP contribution is -2.43. The van der Waals surface area contributed by atoms with Crippen LogP contribution in [0, 0.1) is 0 Å². The van der Waals surface area contributed by atoms with Crippen LogP contribution >= 0.6 is 11.6 Å². The Morgan fingerprint density at radius 2 is 2.28 bits per heavy atom. The number of amides is 1. The maximum atomic E-state index is 12.3. The first kappa shape index (κ1) is 18.0. The molecule has 2 heterocycles. The molecular weight excluding hydrogens is 338 g/mol. The van der Waals surface area contributed by atoms with E-state index in [1.165, 1.54) is 0 Å². The predicted molar refractivity (Wildman–Crippen MR) is 97.9 cm³/mol. The van der Waals surface area contributed by atoms with E-state index in [4.69, 9.17) is 16.0 Å². The van der Waals surface area contributed by atoms with Crippen LogP contribution in [0.1, 0.15) is 36.0 Å². The third-order valence-corrected chi connectivity index (χ3v) is 4.65. The Bertz CT molecular complexity index is 729. The second-order valence-electron chi connectivity index (χ2n) is 6.89. The summed E-state index contributed by atoms with van der Waals surface area (Å²) < 4.78 is 5.97. The van der Waals surface area contributed by atoms with Gasteiger partial charge in [-0.15, -0.1) is 0 Å². The highest BCUT2D eigenvalue weighted by Crippen LogP contribution is 2.27. The first-order valence-corrected chi connectivity index (χ1v) is 9.00. The first-order chi connectivity index (χ1) is 12.0. The molecule has 1 aromatic carbocycles. The van der Waals surface area contributed by atoms with Crippen LogP contribution in [-0.4, -0.2) is 54.4 Å². The van der Waals surface area contributed by atoms with E-state index >= 15 is 0 Å². The molecule has 0 saturated carbocycles. The van der Waals surface area contributed by atoms with Gasteiger partial charge in [-0.3, -0.25) is 4.79 Å². The van der Waals surface area contributed by atoms with E-state index in [-0.39, 0.29) is 11.8 Å². The van der Waals surface area contributed by atoms with Crippen LogP contribution in [0.4, 0.5) is 0 Å². The van der Waals surface area contributed by atoms with Crippen molar-refractivity contribution >= 4 is 17.5 Å². The zero-order valence-corrected chi connectivity index (χ0v) is 15.5. The Morgan fingerprint density at radius 3 is 3.04 bits per heavy atom. The van der Waals surface area contributed by atoms with Gasteiger partial charge in [-0.2, -0.15) is 0 Å². The molecule has 2 aromatic rings. The van der Waals surface area contributed by atoms with Crippen LogP contribution in [-0.2, 0) is 11.2 Å². The molecule has 1 aliphatic heterocycles. The Labute approximate surface area is 153 Å². The van der Waals surface area contributed by atoms with Gasteiger partial charge < -0.3 is 14.2 Å². The minimum Gasteiger partial charge on any atom is -0.445 e. The van der Waals surface area contributed by atoms with Gasteiger partial charge in [0.1, 0.15) is 5.76 Å². The molecule has 6 heteroatoms. The van der Waals surface area contributed by atoms with E-state index in [2.05, 4.69) is 4.98 Å². The van der Waals surface area contributed by atoms with Gasteiger partial charge in [0, 0.05) is 24.5 Å². The SMILES string of the molecule is CN(C)CC(=O)N1CCC[C@H](c2ncc(Cc3cccc(Cl)c3)o2)C1. The van der Waals surface area contributed by atoms with Crippen molar-refractivity contribution in [3.05, 3.63) is 52.7 Å². The lowest BCUT2D eigenvalue weighted by atomic mass is 9.98. The fraction of sp³-hybridized carbons (Fsp3) is 0.474. The molecule has 0 spiro atoms. The summed E-state index contributed by atoms with van der Waals surface area (Å²) in [5.41, 5.74) is 1.10. The second kappa shape index (κ2) is 8.02. The fourth-order valence-electron chi connectivity index (χ4n) is 3.22. The second-order valence-corrected chi connectivity index (χ2v) is 7.32. The number of oxazole rings is 1. The third kappa shape index (κ3) is 4.83. The van der Waals surface area contributed by atoms with E-state index in [0.29, 0.717) is 19.5 Å². The van der Waals surface area contributed by atoms with E-state index in [1.54, 1.807) is 6.20 Å². The number of hydrogen-bond acceptors (Lipinski definition) is 4.